The molecule has 2 atom stereocenters. The van der Waals surface area contributed by atoms with Crippen LogP contribution in [0.4, 0.5) is 8.78 Å². The van der Waals surface area contributed by atoms with Crippen LogP contribution < -0.4 is 5.32 Å². The van der Waals surface area contributed by atoms with Crippen molar-refractivity contribution in [3.63, 3.8) is 0 Å². The summed E-state index contributed by atoms with van der Waals surface area (Å²) in [5.74, 6) is -0.319. The van der Waals surface area contributed by atoms with Crippen molar-refractivity contribution >= 4 is 11.8 Å². The molecule has 106 valence electrons. The molecule has 1 aromatic rings. The van der Waals surface area contributed by atoms with Crippen LogP contribution in [0.1, 0.15) is 43.9 Å². The van der Waals surface area contributed by atoms with E-state index in [1.54, 1.807) is 19.1 Å². The van der Waals surface area contributed by atoms with Gasteiger partial charge in [0, 0.05) is 16.4 Å². The Labute approximate surface area is 118 Å². The van der Waals surface area contributed by atoms with Crippen LogP contribution in [0.3, 0.4) is 0 Å². The zero-order valence-corrected chi connectivity index (χ0v) is 12.5. The van der Waals surface area contributed by atoms with E-state index < -0.39 is 11.6 Å². The highest BCUT2D eigenvalue weighted by molar-refractivity contribution is 8.00. The van der Waals surface area contributed by atoms with Crippen LogP contribution in [-0.2, 0) is 0 Å². The highest BCUT2D eigenvalue weighted by Crippen LogP contribution is 2.47. The Morgan fingerprint density at radius 2 is 2.11 bits per heavy atom. The molecule has 0 amide bonds. The summed E-state index contributed by atoms with van der Waals surface area (Å²) in [7, 11) is 0. The first-order chi connectivity index (χ1) is 8.99. The maximum atomic E-state index is 14.2. The molecule has 2 unspecified atom stereocenters. The summed E-state index contributed by atoms with van der Waals surface area (Å²) in [4.78, 5) is 0. The summed E-state index contributed by atoms with van der Waals surface area (Å²) in [6.07, 6.45) is 2.17. The van der Waals surface area contributed by atoms with Crippen molar-refractivity contribution in [1.82, 2.24) is 5.32 Å². The van der Waals surface area contributed by atoms with Gasteiger partial charge < -0.3 is 5.32 Å². The smallest absolute Gasteiger partial charge is 0.163 e. The zero-order valence-electron chi connectivity index (χ0n) is 11.7. The molecular weight excluding hydrogens is 264 g/mol. The molecule has 0 bridgehead atoms. The maximum absolute atomic E-state index is 14.2. The summed E-state index contributed by atoms with van der Waals surface area (Å²) < 4.78 is 28.0. The predicted molar refractivity (Wildman–Crippen MR) is 77.6 cm³/mol. The van der Waals surface area contributed by atoms with E-state index in [1.807, 2.05) is 18.7 Å². The molecule has 0 spiro atoms. The Kier molecular flexibility index (Phi) is 4.51. The largest absolute Gasteiger partial charge is 0.309 e. The lowest BCUT2D eigenvalue weighted by atomic mass is 9.89. The standard InChI is InChI=1S/C15H21F2NS/c1-4-18-14(15(3)8-5-9-19-15)11-7-6-10(2)12(16)13(11)17/h6-7,14,18H,4-5,8-9H2,1-3H3. The van der Waals surface area contributed by atoms with E-state index in [2.05, 4.69) is 12.2 Å². The lowest BCUT2D eigenvalue weighted by molar-refractivity contribution is 0.395. The second-order valence-electron chi connectivity index (χ2n) is 5.36. The molecule has 0 aromatic heterocycles. The molecule has 1 nitrogen and oxygen atoms in total. The predicted octanol–water partition coefficient (Wildman–Crippen LogP) is 4.21. The first-order valence-corrected chi connectivity index (χ1v) is 7.80. The fraction of sp³-hybridized carbons (Fsp3) is 0.600. The second kappa shape index (κ2) is 5.80. The summed E-state index contributed by atoms with van der Waals surface area (Å²) in [5, 5.41) is 3.34. The first kappa shape index (κ1) is 14.8. The van der Waals surface area contributed by atoms with Crippen LogP contribution in [0.5, 0.6) is 0 Å². The second-order valence-corrected chi connectivity index (χ2v) is 6.98. The van der Waals surface area contributed by atoms with Crippen molar-refractivity contribution in [3.05, 3.63) is 34.9 Å². The van der Waals surface area contributed by atoms with Crippen molar-refractivity contribution in [3.8, 4) is 0 Å². The fourth-order valence-electron chi connectivity index (χ4n) is 2.77. The average molecular weight is 285 g/mol. The van der Waals surface area contributed by atoms with Crippen LogP contribution in [-0.4, -0.2) is 17.0 Å². The van der Waals surface area contributed by atoms with Gasteiger partial charge >= 0.3 is 0 Å². The Hall–Kier alpha value is -0.610. The summed E-state index contributed by atoms with van der Waals surface area (Å²) in [6.45, 7) is 6.49. The molecule has 19 heavy (non-hydrogen) atoms. The number of rotatable bonds is 4. The topological polar surface area (TPSA) is 12.0 Å². The van der Waals surface area contributed by atoms with Crippen LogP contribution in [0.25, 0.3) is 0 Å². The van der Waals surface area contributed by atoms with Crippen molar-refractivity contribution in [2.24, 2.45) is 0 Å². The molecule has 0 radical (unpaired) electrons. The average Bonchev–Trinajstić information content (AvgIpc) is 2.82. The van der Waals surface area contributed by atoms with E-state index in [0.29, 0.717) is 11.1 Å². The third kappa shape index (κ3) is 2.79. The van der Waals surface area contributed by atoms with E-state index >= 15 is 0 Å². The van der Waals surface area contributed by atoms with Gasteiger partial charge in [-0.05, 0) is 44.6 Å². The molecule has 1 saturated heterocycles. The minimum absolute atomic E-state index is 0.0570. The molecule has 1 aliphatic rings. The number of nitrogens with one attached hydrogen (secondary N) is 1. The molecule has 2 rings (SSSR count). The molecule has 1 aromatic carbocycles. The number of hydrogen-bond acceptors (Lipinski definition) is 2. The van der Waals surface area contributed by atoms with Crippen molar-refractivity contribution in [1.29, 1.82) is 0 Å². The van der Waals surface area contributed by atoms with Crippen LogP contribution in [0.15, 0.2) is 12.1 Å². The molecule has 1 N–H and O–H groups in total. The van der Waals surface area contributed by atoms with Gasteiger partial charge in [0.15, 0.2) is 11.6 Å². The number of hydrogen-bond donors (Lipinski definition) is 1. The maximum Gasteiger partial charge on any atom is 0.163 e. The third-order valence-electron chi connectivity index (χ3n) is 3.88. The Morgan fingerprint density at radius 1 is 1.37 bits per heavy atom. The summed E-state index contributed by atoms with van der Waals surface area (Å²) in [6, 6.07) is 3.26. The van der Waals surface area contributed by atoms with E-state index in [4.69, 9.17) is 0 Å². The quantitative estimate of drug-likeness (QED) is 0.889. The monoisotopic (exact) mass is 285 g/mol. The molecule has 1 aliphatic heterocycles. The van der Waals surface area contributed by atoms with Gasteiger partial charge in [0.25, 0.3) is 0 Å². The Morgan fingerprint density at radius 3 is 2.68 bits per heavy atom. The van der Waals surface area contributed by atoms with Crippen LogP contribution in [0, 0.1) is 18.6 Å². The summed E-state index contributed by atoms with van der Waals surface area (Å²) >= 11 is 1.85. The van der Waals surface area contributed by atoms with Gasteiger partial charge in [-0.15, -0.1) is 0 Å². The number of halogens is 2. The van der Waals surface area contributed by atoms with Gasteiger partial charge in [-0.3, -0.25) is 0 Å². The number of benzene rings is 1. The van der Waals surface area contributed by atoms with Gasteiger partial charge in [0.1, 0.15) is 0 Å². The van der Waals surface area contributed by atoms with Crippen LogP contribution >= 0.6 is 11.8 Å². The number of thioether (sulfide) groups is 1. The highest BCUT2D eigenvalue weighted by atomic mass is 32.2. The van der Waals surface area contributed by atoms with Crippen LogP contribution in [0.2, 0.25) is 0 Å². The van der Waals surface area contributed by atoms with Gasteiger partial charge in [-0.1, -0.05) is 19.1 Å². The first-order valence-electron chi connectivity index (χ1n) is 6.81. The van der Waals surface area contributed by atoms with Gasteiger partial charge in [-0.2, -0.15) is 11.8 Å². The number of aryl methyl sites for hydroxylation is 1. The van der Waals surface area contributed by atoms with Gasteiger partial charge in [0.05, 0.1) is 0 Å². The van der Waals surface area contributed by atoms with E-state index in [0.717, 1.165) is 25.1 Å². The normalized spacial score (nSPS) is 24.7. The van der Waals surface area contributed by atoms with Crippen molar-refractivity contribution in [2.75, 3.05) is 12.3 Å². The molecule has 1 heterocycles. The molecule has 0 saturated carbocycles. The van der Waals surface area contributed by atoms with E-state index in [1.165, 1.54) is 0 Å². The zero-order chi connectivity index (χ0) is 14.0. The van der Waals surface area contributed by atoms with Crippen molar-refractivity contribution < 1.29 is 8.78 Å². The lowest BCUT2D eigenvalue weighted by Gasteiger charge is -2.34. The molecule has 1 fully saturated rings. The van der Waals surface area contributed by atoms with Gasteiger partial charge in [-0.25, -0.2) is 8.78 Å². The Bertz CT molecular complexity index is 456. The SMILES string of the molecule is CCNC(c1ccc(C)c(F)c1F)C1(C)CCCS1. The van der Waals surface area contributed by atoms with Crippen molar-refractivity contribution in [2.45, 2.75) is 44.4 Å². The fourth-order valence-corrected chi connectivity index (χ4v) is 4.19. The summed E-state index contributed by atoms with van der Waals surface area (Å²) in [5.41, 5.74) is 0.822. The highest BCUT2D eigenvalue weighted by Gasteiger charge is 2.39. The van der Waals surface area contributed by atoms with Gasteiger partial charge in [0.2, 0.25) is 0 Å². The molecule has 0 aliphatic carbocycles. The third-order valence-corrected chi connectivity index (χ3v) is 5.48. The van der Waals surface area contributed by atoms with E-state index in [9.17, 15) is 8.78 Å². The Balaban J connectivity index is 2.42. The minimum atomic E-state index is -0.716. The lowest BCUT2D eigenvalue weighted by Crippen LogP contribution is -2.38. The molecular formula is C15H21F2NS. The van der Waals surface area contributed by atoms with E-state index in [-0.39, 0.29) is 10.8 Å². The minimum Gasteiger partial charge on any atom is -0.309 e. The molecule has 4 heteroatoms.